The molecule has 0 bridgehead atoms. The van der Waals surface area contributed by atoms with Crippen LogP contribution in [-0.2, 0) is 9.59 Å². The van der Waals surface area contributed by atoms with E-state index < -0.39 is 11.9 Å². The minimum atomic E-state index is -0.848. The standard InChI is InChI=1S/C15H20N2O3/c1-16-14(18)13-8-5-9-17(13)10-12(15(19)20)11-6-3-2-4-7-11/h2-4,6-7,12-13H,5,8-10H2,1H3,(H,16,18)(H,19,20). The van der Waals surface area contributed by atoms with Crippen LogP contribution in [-0.4, -0.2) is 48.1 Å². The summed E-state index contributed by atoms with van der Waals surface area (Å²) < 4.78 is 0. The number of carboxylic acid groups (broad SMARTS) is 1. The maximum atomic E-state index is 11.8. The second kappa shape index (κ2) is 6.52. The molecule has 1 saturated heterocycles. The van der Waals surface area contributed by atoms with Gasteiger partial charge in [-0.25, -0.2) is 0 Å². The van der Waals surface area contributed by atoms with Gasteiger partial charge in [0, 0.05) is 13.6 Å². The zero-order valence-electron chi connectivity index (χ0n) is 11.6. The average molecular weight is 276 g/mol. The number of likely N-dealkylation sites (N-methyl/N-ethyl adjacent to an activating group) is 1. The predicted octanol–water partition coefficient (Wildman–Crippen LogP) is 1.07. The first kappa shape index (κ1) is 14.5. The van der Waals surface area contributed by atoms with Crippen LogP contribution in [0.2, 0.25) is 0 Å². The Hall–Kier alpha value is -1.88. The molecule has 1 aliphatic heterocycles. The summed E-state index contributed by atoms with van der Waals surface area (Å²) in [7, 11) is 1.62. The minimum absolute atomic E-state index is 0.0281. The van der Waals surface area contributed by atoms with Gasteiger partial charge in [0.15, 0.2) is 0 Å². The molecule has 5 nitrogen and oxygen atoms in total. The molecule has 20 heavy (non-hydrogen) atoms. The highest BCUT2D eigenvalue weighted by Crippen LogP contribution is 2.24. The van der Waals surface area contributed by atoms with Gasteiger partial charge in [-0.05, 0) is 24.9 Å². The molecule has 5 heteroatoms. The Bertz CT molecular complexity index is 475. The highest BCUT2D eigenvalue weighted by Gasteiger charge is 2.33. The van der Waals surface area contributed by atoms with E-state index in [0.717, 1.165) is 24.9 Å². The Morgan fingerprint density at radius 2 is 2.10 bits per heavy atom. The van der Waals surface area contributed by atoms with E-state index in [4.69, 9.17) is 0 Å². The van der Waals surface area contributed by atoms with Crippen molar-refractivity contribution in [2.75, 3.05) is 20.1 Å². The van der Waals surface area contributed by atoms with E-state index in [1.54, 1.807) is 7.05 Å². The zero-order chi connectivity index (χ0) is 14.5. The van der Waals surface area contributed by atoms with Crippen LogP contribution in [0.1, 0.15) is 24.3 Å². The van der Waals surface area contributed by atoms with Crippen molar-refractivity contribution in [2.24, 2.45) is 0 Å². The molecular weight excluding hydrogens is 256 g/mol. The van der Waals surface area contributed by atoms with Crippen molar-refractivity contribution in [2.45, 2.75) is 24.8 Å². The minimum Gasteiger partial charge on any atom is -0.481 e. The summed E-state index contributed by atoms with van der Waals surface area (Å²) >= 11 is 0. The monoisotopic (exact) mass is 276 g/mol. The second-order valence-corrected chi connectivity index (χ2v) is 5.07. The van der Waals surface area contributed by atoms with Crippen LogP contribution in [0.25, 0.3) is 0 Å². The lowest BCUT2D eigenvalue weighted by molar-refractivity contribution is -0.140. The number of rotatable bonds is 5. The van der Waals surface area contributed by atoms with Gasteiger partial charge in [0.1, 0.15) is 0 Å². The fourth-order valence-electron chi connectivity index (χ4n) is 2.75. The third-order valence-electron chi connectivity index (χ3n) is 3.83. The summed E-state index contributed by atoms with van der Waals surface area (Å²) in [6.45, 7) is 1.14. The number of aliphatic carboxylic acids is 1. The topological polar surface area (TPSA) is 69.6 Å². The van der Waals surface area contributed by atoms with Gasteiger partial charge >= 0.3 is 5.97 Å². The first-order valence-corrected chi connectivity index (χ1v) is 6.87. The molecular formula is C15H20N2O3. The molecule has 1 amide bonds. The molecule has 2 unspecified atom stereocenters. The number of hydrogen-bond donors (Lipinski definition) is 2. The molecule has 0 aromatic heterocycles. The number of carboxylic acids is 1. The zero-order valence-corrected chi connectivity index (χ0v) is 11.6. The summed E-state index contributed by atoms with van der Waals surface area (Å²) in [5.41, 5.74) is 0.780. The lowest BCUT2D eigenvalue weighted by atomic mass is 9.98. The third-order valence-corrected chi connectivity index (χ3v) is 3.83. The number of amides is 1. The molecule has 1 aliphatic rings. The van der Waals surface area contributed by atoms with Crippen LogP contribution in [0.5, 0.6) is 0 Å². The van der Waals surface area contributed by atoms with Gasteiger partial charge in [0.2, 0.25) is 5.91 Å². The molecule has 2 atom stereocenters. The highest BCUT2D eigenvalue weighted by molar-refractivity contribution is 5.82. The van der Waals surface area contributed by atoms with Crippen molar-refractivity contribution >= 4 is 11.9 Å². The van der Waals surface area contributed by atoms with E-state index in [-0.39, 0.29) is 11.9 Å². The van der Waals surface area contributed by atoms with Gasteiger partial charge in [-0.2, -0.15) is 0 Å². The van der Waals surface area contributed by atoms with Crippen LogP contribution < -0.4 is 5.32 Å². The summed E-state index contributed by atoms with van der Waals surface area (Å²) in [4.78, 5) is 25.3. The fraction of sp³-hybridized carbons (Fsp3) is 0.467. The first-order chi connectivity index (χ1) is 9.63. The average Bonchev–Trinajstić information content (AvgIpc) is 2.92. The van der Waals surface area contributed by atoms with E-state index in [1.165, 1.54) is 0 Å². The summed E-state index contributed by atoms with van der Waals surface area (Å²) in [5, 5.41) is 12.1. The van der Waals surface area contributed by atoms with E-state index in [2.05, 4.69) is 5.32 Å². The molecule has 1 aromatic rings. The Balaban J connectivity index is 2.13. The maximum Gasteiger partial charge on any atom is 0.312 e. The van der Waals surface area contributed by atoms with Crippen molar-refractivity contribution < 1.29 is 14.7 Å². The van der Waals surface area contributed by atoms with Crippen molar-refractivity contribution in [1.82, 2.24) is 10.2 Å². The van der Waals surface area contributed by atoms with Gasteiger partial charge < -0.3 is 10.4 Å². The highest BCUT2D eigenvalue weighted by atomic mass is 16.4. The van der Waals surface area contributed by atoms with E-state index in [1.807, 2.05) is 35.2 Å². The molecule has 0 saturated carbocycles. The summed E-state index contributed by atoms with van der Waals surface area (Å²) in [6, 6.07) is 8.99. The number of benzene rings is 1. The van der Waals surface area contributed by atoms with Gasteiger partial charge in [-0.15, -0.1) is 0 Å². The quantitative estimate of drug-likeness (QED) is 0.844. The van der Waals surface area contributed by atoms with Crippen LogP contribution >= 0.6 is 0 Å². The van der Waals surface area contributed by atoms with Crippen LogP contribution in [0.15, 0.2) is 30.3 Å². The smallest absolute Gasteiger partial charge is 0.312 e. The molecule has 2 N–H and O–H groups in total. The summed E-state index contributed by atoms with van der Waals surface area (Å²) in [5.74, 6) is -1.47. The van der Waals surface area contributed by atoms with Gasteiger partial charge in [0.05, 0.1) is 12.0 Å². The van der Waals surface area contributed by atoms with E-state index in [9.17, 15) is 14.7 Å². The SMILES string of the molecule is CNC(=O)C1CCCN1CC(C(=O)O)c1ccccc1. The predicted molar refractivity (Wildman–Crippen MR) is 75.5 cm³/mol. The van der Waals surface area contributed by atoms with Crippen molar-refractivity contribution in [3.05, 3.63) is 35.9 Å². The molecule has 108 valence electrons. The number of carbonyl (C=O) groups is 2. The Morgan fingerprint density at radius 1 is 1.40 bits per heavy atom. The molecule has 0 aliphatic carbocycles. The number of carbonyl (C=O) groups excluding carboxylic acids is 1. The van der Waals surface area contributed by atoms with E-state index in [0.29, 0.717) is 6.54 Å². The number of nitrogens with zero attached hydrogens (tertiary/aromatic N) is 1. The lowest BCUT2D eigenvalue weighted by Crippen LogP contribution is -2.44. The van der Waals surface area contributed by atoms with Crippen LogP contribution in [0.4, 0.5) is 0 Å². The van der Waals surface area contributed by atoms with Gasteiger partial charge in [0.25, 0.3) is 0 Å². The third kappa shape index (κ3) is 3.17. The molecule has 0 radical (unpaired) electrons. The van der Waals surface area contributed by atoms with Gasteiger partial charge in [-0.1, -0.05) is 30.3 Å². The molecule has 0 spiro atoms. The number of likely N-dealkylation sites (tertiary alicyclic amines) is 1. The van der Waals surface area contributed by atoms with E-state index >= 15 is 0 Å². The van der Waals surface area contributed by atoms with Crippen LogP contribution in [0, 0.1) is 0 Å². The molecule has 1 fully saturated rings. The lowest BCUT2D eigenvalue weighted by Gasteiger charge is -2.26. The maximum absolute atomic E-state index is 11.8. The molecule has 1 aromatic carbocycles. The first-order valence-electron chi connectivity index (χ1n) is 6.87. The van der Waals surface area contributed by atoms with Gasteiger partial charge in [-0.3, -0.25) is 14.5 Å². The van der Waals surface area contributed by atoms with Crippen molar-refractivity contribution in [1.29, 1.82) is 0 Å². The van der Waals surface area contributed by atoms with Crippen LogP contribution in [0.3, 0.4) is 0 Å². The van der Waals surface area contributed by atoms with Crippen molar-refractivity contribution in [3.63, 3.8) is 0 Å². The number of hydrogen-bond acceptors (Lipinski definition) is 3. The Labute approximate surface area is 118 Å². The normalized spacial score (nSPS) is 20.6. The number of nitrogens with one attached hydrogen (secondary N) is 1. The summed E-state index contributed by atoms with van der Waals surface area (Å²) in [6.07, 6.45) is 1.72. The molecule has 1 heterocycles. The Morgan fingerprint density at radius 3 is 2.70 bits per heavy atom. The second-order valence-electron chi connectivity index (χ2n) is 5.07. The van der Waals surface area contributed by atoms with Crippen molar-refractivity contribution in [3.8, 4) is 0 Å². The fourth-order valence-corrected chi connectivity index (χ4v) is 2.75. The Kier molecular flexibility index (Phi) is 4.74. The molecule has 2 rings (SSSR count). The largest absolute Gasteiger partial charge is 0.481 e.